The van der Waals surface area contributed by atoms with E-state index in [4.69, 9.17) is 14.2 Å². The number of ether oxygens (including phenoxy) is 3. The van der Waals surface area contributed by atoms with Gasteiger partial charge in [0, 0.05) is 20.0 Å². The van der Waals surface area contributed by atoms with Crippen molar-refractivity contribution in [1.82, 2.24) is 4.90 Å². The van der Waals surface area contributed by atoms with Gasteiger partial charge in [-0.05, 0) is 43.4 Å². The molecule has 1 aliphatic heterocycles. The highest BCUT2D eigenvalue weighted by molar-refractivity contribution is 5.68. The molecule has 0 spiro atoms. The second kappa shape index (κ2) is 6.46. The van der Waals surface area contributed by atoms with Gasteiger partial charge in [0.15, 0.2) is 11.5 Å². The highest BCUT2D eigenvalue weighted by atomic mass is 16.6. The third-order valence-electron chi connectivity index (χ3n) is 4.44. The molecule has 1 aromatic carbocycles. The minimum Gasteiger partial charge on any atom is -0.493 e. The second-order valence-electron chi connectivity index (χ2n) is 6.02. The molecule has 0 aromatic heterocycles. The molecule has 1 amide bonds. The van der Waals surface area contributed by atoms with Crippen molar-refractivity contribution < 1.29 is 19.0 Å². The van der Waals surface area contributed by atoms with Crippen LogP contribution in [0.2, 0.25) is 0 Å². The lowest BCUT2D eigenvalue weighted by molar-refractivity contribution is 0.0322. The van der Waals surface area contributed by atoms with Crippen LogP contribution in [0.25, 0.3) is 0 Å². The summed E-state index contributed by atoms with van der Waals surface area (Å²) in [7, 11) is 3.40. The maximum Gasteiger partial charge on any atom is 0.410 e. The number of carbonyl (C=O) groups is 1. The van der Waals surface area contributed by atoms with E-state index in [9.17, 15) is 4.79 Å². The Morgan fingerprint density at radius 2 is 1.95 bits per heavy atom. The van der Waals surface area contributed by atoms with Gasteiger partial charge in [0.2, 0.25) is 0 Å². The SMILES string of the molecule is COc1ccc(C2CCN(C)C(=O)O2)cc1OC1CCCC1. The van der Waals surface area contributed by atoms with E-state index in [1.54, 1.807) is 19.1 Å². The van der Waals surface area contributed by atoms with Crippen molar-refractivity contribution in [2.45, 2.75) is 44.3 Å². The van der Waals surface area contributed by atoms with Gasteiger partial charge >= 0.3 is 6.09 Å². The molecule has 22 heavy (non-hydrogen) atoms. The molecule has 3 rings (SSSR count). The maximum atomic E-state index is 11.7. The summed E-state index contributed by atoms with van der Waals surface area (Å²) in [5, 5.41) is 0. The first-order valence-corrected chi connectivity index (χ1v) is 7.93. The summed E-state index contributed by atoms with van der Waals surface area (Å²) in [6.45, 7) is 0.703. The smallest absolute Gasteiger partial charge is 0.410 e. The van der Waals surface area contributed by atoms with Crippen molar-refractivity contribution in [3.8, 4) is 11.5 Å². The number of hydrogen-bond acceptors (Lipinski definition) is 4. The van der Waals surface area contributed by atoms with Crippen molar-refractivity contribution in [2.75, 3.05) is 20.7 Å². The summed E-state index contributed by atoms with van der Waals surface area (Å²) in [6.07, 6.45) is 5.21. The summed E-state index contributed by atoms with van der Waals surface area (Å²) < 4.78 is 17.0. The van der Waals surface area contributed by atoms with Crippen LogP contribution in [0.5, 0.6) is 11.5 Å². The summed E-state index contributed by atoms with van der Waals surface area (Å²) >= 11 is 0. The van der Waals surface area contributed by atoms with E-state index in [0.717, 1.165) is 36.3 Å². The number of benzene rings is 1. The van der Waals surface area contributed by atoms with Crippen molar-refractivity contribution in [1.29, 1.82) is 0 Å². The predicted octanol–water partition coefficient (Wildman–Crippen LogP) is 3.53. The van der Waals surface area contributed by atoms with E-state index < -0.39 is 0 Å². The van der Waals surface area contributed by atoms with E-state index in [-0.39, 0.29) is 18.3 Å². The number of methoxy groups -OCH3 is 1. The number of rotatable bonds is 4. The minimum absolute atomic E-state index is 0.208. The van der Waals surface area contributed by atoms with E-state index in [1.165, 1.54) is 12.8 Å². The number of cyclic esters (lactones) is 1. The molecule has 5 nitrogen and oxygen atoms in total. The van der Waals surface area contributed by atoms with Crippen LogP contribution in [0, 0.1) is 0 Å². The summed E-state index contributed by atoms with van der Waals surface area (Å²) in [4.78, 5) is 13.3. The largest absolute Gasteiger partial charge is 0.493 e. The molecule has 1 saturated carbocycles. The standard InChI is InChI=1S/C17H23NO4/c1-18-10-9-14(22-17(18)19)12-7-8-15(20-2)16(11-12)21-13-5-3-4-6-13/h7-8,11,13-14H,3-6,9-10H2,1-2H3. The molecule has 1 atom stereocenters. The second-order valence-corrected chi connectivity index (χ2v) is 6.02. The van der Waals surface area contributed by atoms with Gasteiger partial charge in [-0.15, -0.1) is 0 Å². The highest BCUT2D eigenvalue weighted by Gasteiger charge is 2.27. The van der Waals surface area contributed by atoms with Crippen LogP contribution in [-0.2, 0) is 4.74 Å². The fourth-order valence-electron chi connectivity index (χ4n) is 3.08. The monoisotopic (exact) mass is 305 g/mol. The fraction of sp³-hybridized carbons (Fsp3) is 0.588. The lowest BCUT2D eigenvalue weighted by Gasteiger charge is -2.29. The Morgan fingerprint density at radius 1 is 1.18 bits per heavy atom. The summed E-state index contributed by atoms with van der Waals surface area (Å²) in [5.41, 5.74) is 0.968. The van der Waals surface area contributed by atoms with Gasteiger partial charge in [0.1, 0.15) is 6.10 Å². The van der Waals surface area contributed by atoms with E-state index in [0.29, 0.717) is 6.54 Å². The van der Waals surface area contributed by atoms with Crippen LogP contribution >= 0.6 is 0 Å². The Labute approximate surface area is 131 Å². The van der Waals surface area contributed by atoms with E-state index in [1.807, 2.05) is 18.2 Å². The quantitative estimate of drug-likeness (QED) is 0.854. The lowest BCUT2D eigenvalue weighted by Crippen LogP contribution is -2.35. The normalized spacial score (nSPS) is 22.5. The molecule has 5 heteroatoms. The van der Waals surface area contributed by atoms with Gasteiger partial charge < -0.3 is 19.1 Å². The Hall–Kier alpha value is -1.91. The topological polar surface area (TPSA) is 48.0 Å². The molecule has 2 aliphatic rings. The summed E-state index contributed by atoms with van der Waals surface area (Å²) in [6, 6.07) is 5.80. The predicted molar refractivity (Wildman–Crippen MR) is 82.3 cm³/mol. The zero-order valence-corrected chi connectivity index (χ0v) is 13.2. The third kappa shape index (κ3) is 3.13. The minimum atomic E-state index is -0.273. The van der Waals surface area contributed by atoms with Gasteiger partial charge in [-0.1, -0.05) is 6.07 Å². The van der Waals surface area contributed by atoms with Crippen LogP contribution in [-0.4, -0.2) is 37.8 Å². The molecule has 1 heterocycles. The Kier molecular flexibility index (Phi) is 4.41. The van der Waals surface area contributed by atoms with Crippen LogP contribution in [0.3, 0.4) is 0 Å². The molecular weight excluding hydrogens is 282 g/mol. The van der Waals surface area contributed by atoms with Crippen molar-refractivity contribution in [3.63, 3.8) is 0 Å². The van der Waals surface area contributed by atoms with Crippen LogP contribution < -0.4 is 9.47 Å². The molecule has 0 bridgehead atoms. The highest BCUT2D eigenvalue weighted by Crippen LogP contribution is 2.36. The van der Waals surface area contributed by atoms with Crippen molar-refractivity contribution >= 4 is 6.09 Å². The fourth-order valence-corrected chi connectivity index (χ4v) is 3.08. The lowest BCUT2D eigenvalue weighted by atomic mass is 10.0. The maximum absolute atomic E-state index is 11.7. The van der Waals surface area contributed by atoms with Gasteiger partial charge in [-0.3, -0.25) is 0 Å². The zero-order valence-electron chi connectivity index (χ0n) is 13.2. The zero-order chi connectivity index (χ0) is 15.5. The van der Waals surface area contributed by atoms with E-state index >= 15 is 0 Å². The van der Waals surface area contributed by atoms with Gasteiger partial charge in [-0.25, -0.2) is 4.79 Å². The first-order valence-electron chi connectivity index (χ1n) is 7.93. The van der Waals surface area contributed by atoms with Gasteiger partial charge in [0.25, 0.3) is 0 Å². The Balaban J connectivity index is 1.78. The first kappa shape index (κ1) is 15.0. The van der Waals surface area contributed by atoms with Crippen molar-refractivity contribution in [3.05, 3.63) is 23.8 Å². The number of amides is 1. The van der Waals surface area contributed by atoms with Crippen LogP contribution in [0.15, 0.2) is 18.2 Å². The van der Waals surface area contributed by atoms with Crippen LogP contribution in [0.1, 0.15) is 43.8 Å². The Bertz CT molecular complexity index is 539. The molecule has 1 aromatic rings. The molecule has 1 aliphatic carbocycles. The Morgan fingerprint density at radius 3 is 2.64 bits per heavy atom. The average molecular weight is 305 g/mol. The number of carbonyl (C=O) groups excluding carboxylic acids is 1. The third-order valence-corrected chi connectivity index (χ3v) is 4.44. The molecule has 1 saturated heterocycles. The van der Waals surface area contributed by atoms with E-state index in [2.05, 4.69) is 0 Å². The van der Waals surface area contributed by atoms with Gasteiger partial charge in [0.05, 0.1) is 13.2 Å². The molecule has 120 valence electrons. The average Bonchev–Trinajstić information content (AvgIpc) is 3.03. The molecule has 0 N–H and O–H groups in total. The van der Waals surface area contributed by atoms with Crippen molar-refractivity contribution in [2.24, 2.45) is 0 Å². The number of nitrogens with zero attached hydrogens (tertiary/aromatic N) is 1. The molecule has 2 fully saturated rings. The van der Waals surface area contributed by atoms with Gasteiger partial charge in [-0.2, -0.15) is 0 Å². The molecule has 1 unspecified atom stereocenters. The van der Waals surface area contributed by atoms with Crippen LogP contribution in [0.4, 0.5) is 4.79 Å². The molecule has 0 radical (unpaired) electrons. The number of hydrogen-bond donors (Lipinski definition) is 0. The first-order chi connectivity index (χ1) is 10.7. The summed E-state index contributed by atoms with van der Waals surface area (Å²) in [5.74, 6) is 1.48. The molecular formula is C17H23NO4.